The van der Waals surface area contributed by atoms with Gasteiger partial charge in [0.2, 0.25) is 0 Å². The Morgan fingerprint density at radius 2 is 2.08 bits per heavy atom. The van der Waals surface area contributed by atoms with Crippen molar-refractivity contribution in [2.45, 2.75) is 0 Å². The molecule has 2 rings (SSSR count). The van der Waals surface area contributed by atoms with Crippen molar-refractivity contribution in [3.05, 3.63) is 31.0 Å². The standard InChI is InChI=1S/C8H7N3O/c9-6-1-2-7(10-3-6)8-4-12-5-11-8/h1-5H,9H2. The van der Waals surface area contributed by atoms with Crippen LogP contribution in [0.4, 0.5) is 5.69 Å². The number of oxazole rings is 1. The van der Waals surface area contributed by atoms with Crippen LogP contribution in [0.5, 0.6) is 0 Å². The Bertz CT molecular complexity index is 352. The van der Waals surface area contributed by atoms with Crippen LogP contribution in [0.1, 0.15) is 0 Å². The molecule has 0 atom stereocenters. The molecule has 0 radical (unpaired) electrons. The molecule has 2 N–H and O–H groups in total. The third-order valence-corrected chi connectivity index (χ3v) is 1.48. The Labute approximate surface area is 69.1 Å². The molecule has 12 heavy (non-hydrogen) atoms. The zero-order chi connectivity index (χ0) is 8.39. The Balaban J connectivity index is 2.43. The molecule has 0 aliphatic carbocycles. The lowest BCUT2D eigenvalue weighted by Gasteiger charge is -1.94. The second-order valence-electron chi connectivity index (χ2n) is 2.35. The minimum absolute atomic E-state index is 0.641. The van der Waals surface area contributed by atoms with Gasteiger partial charge in [-0.1, -0.05) is 0 Å². The van der Waals surface area contributed by atoms with Gasteiger partial charge >= 0.3 is 0 Å². The zero-order valence-corrected chi connectivity index (χ0v) is 6.27. The van der Waals surface area contributed by atoms with Crippen molar-refractivity contribution in [3.8, 4) is 11.4 Å². The molecular weight excluding hydrogens is 154 g/mol. The van der Waals surface area contributed by atoms with E-state index in [1.54, 1.807) is 24.6 Å². The summed E-state index contributed by atoms with van der Waals surface area (Å²) in [6.45, 7) is 0. The Morgan fingerprint density at radius 1 is 1.17 bits per heavy atom. The predicted molar refractivity (Wildman–Crippen MR) is 44.1 cm³/mol. The summed E-state index contributed by atoms with van der Waals surface area (Å²) in [7, 11) is 0. The monoisotopic (exact) mass is 161 g/mol. The van der Waals surface area contributed by atoms with Crippen LogP contribution in [-0.2, 0) is 0 Å². The van der Waals surface area contributed by atoms with Crippen LogP contribution >= 0.6 is 0 Å². The minimum atomic E-state index is 0.641. The van der Waals surface area contributed by atoms with Crippen LogP contribution < -0.4 is 5.73 Å². The second-order valence-corrected chi connectivity index (χ2v) is 2.35. The number of aromatic nitrogens is 2. The van der Waals surface area contributed by atoms with E-state index in [0.29, 0.717) is 5.69 Å². The number of anilines is 1. The van der Waals surface area contributed by atoms with Gasteiger partial charge in [-0.25, -0.2) is 4.98 Å². The first-order valence-corrected chi connectivity index (χ1v) is 3.46. The van der Waals surface area contributed by atoms with Crippen LogP contribution in [-0.4, -0.2) is 9.97 Å². The summed E-state index contributed by atoms with van der Waals surface area (Å²) in [6.07, 6.45) is 4.50. The van der Waals surface area contributed by atoms with Crippen LogP contribution in [0.3, 0.4) is 0 Å². The SMILES string of the molecule is Nc1ccc(-c2cocn2)nc1. The molecule has 0 fully saturated rings. The molecule has 0 aliphatic rings. The zero-order valence-electron chi connectivity index (χ0n) is 6.27. The Kier molecular flexibility index (Phi) is 1.51. The molecular formula is C8H7N3O. The number of hydrogen-bond donors (Lipinski definition) is 1. The molecule has 0 saturated heterocycles. The highest BCUT2D eigenvalue weighted by atomic mass is 16.3. The molecule has 4 nitrogen and oxygen atoms in total. The van der Waals surface area contributed by atoms with Crippen molar-refractivity contribution in [2.75, 3.05) is 5.73 Å². The van der Waals surface area contributed by atoms with Crippen LogP contribution in [0.2, 0.25) is 0 Å². The maximum absolute atomic E-state index is 5.47. The summed E-state index contributed by atoms with van der Waals surface area (Å²) < 4.78 is 4.82. The average Bonchev–Trinajstić information content (AvgIpc) is 2.58. The fourth-order valence-electron chi connectivity index (χ4n) is 0.896. The molecule has 0 saturated carbocycles. The Morgan fingerprint density at radius 3 is 2.67 bits per heavy atom. The summed E-state index contributed by atoms with van der Waals surface area (Å²) in [5.74, 6) is 0. The van der Waals surface area contributed by atoms with Gasteiger partial charge in [-0.15, -0.1) is 0 Å². The topological polar surface area (TPSA) is 64.9 Å². The van der Waals surface area contributed by atoms with Crippen molar-refractivity contribution in [1.29, 1.82) is 0 Å². The Hall–Kier alpha value is -1.84. The average molecular weight is 161 g/mol. The lowest BCUT2D eigenvalue weighted by molar-refractivity contribution is 0.558. The molecule has 2 aromatic rings. The third-order valence-electron chi connectivity index (χ3n) is 1.48. The maximum atomic E-state index is 5.47. The van der Waals surface area contributed by atoms with E-state index in [9.17, 15) is 0 Å². The number of nitrogens with zero attached hydrogens (tertiary/aromatic N) is 2. The summed E-state index contributed by atoms with van der Waals surface area (Å²) in [5, 5.41) is 0. The first-order chi connectivity index (χ1) is 5.86. The van der Waals surface area contributed by atoms with E-state index in [1.807, 2.05) is 0 Å². The van der Waals surface area contributed by atoms with Gasteiger partial charge in [0.15, 0.2) is 6.39 Å². The molecule has 0 aliphatic heterocycles. The highest BCUT2D eigenvalue weighted by Crippen LogP contribution is 2.14. The molecule has 2 heterocycles. The van der Waals surface area contributed by atoms with E-state index < -0.39 is 0 Å². The fourth-order valence-corrected chi connectivity index (χ4v) is 0.896. The fraction of sp³-hybridized carbons (Fsp3) is 0. The molecule has 0 unspecified atom stereocenters. The molecule has 0 bridgehead atoms. The summed E-state index contributed by atoms with van der Waals surface area (Å²) in [6, 6.07) is 3.57. The number of nitrogens with two attached hydrogens (primary N) is 1. The van der Waals surface area contributed by atoms with Crippen LogP contribution in [0, 0.1) is 0 Å². The molecule has 60 valence electrons. The molecule has 2 aromatic heterocycles. The van der Waals surface area contributed by atoms with E-state index >= 15 is 0 Å². The first kappa shape index (κ1) is 6.84. The maximum Gasteiger partial charge on any atom is 0.181 e. The number of nitrogen functional groups attached to an aromatic ring is 1. The summed E-state index contributed by atoms with van der Waals surface area (Å²) >= 11 is 0. The predicted octanol–water partition coefficient (Wildman–Crippen LogP) is 1.32. The van der Waals surface area contributed by atoms with Gasteiger partial charge in [0.1, 0.15) is 12.0 Å². The van der Waals surface area contributed by atoms with Crippen LogP contribution in [0.15, 0.2) is 35.4 Å². The first-order valence-electron chi connectivity index (χ1n) is 3.46. The van der Waals surface area contributed by atoms with Gasteiger partial charge < -0.3 is 10.2 Å². The third kappa shape index (κ3) is 1.14. The van der Waals surface area contributed by atoms with Gasteiger partial charge in [-0.05, 0) is 12.1 Å². The van der Waals surface area contributed by atoms with Gasteiger partial charge in [0.25, 0.3) is 0 Å². The second kappa shape index (κ2) is 2.65. The summed E-state index contributed by atoms with van der Waals surface area (Å²) in [4.78, 5) is 8.02. The number of rotatable bonds is 1. The minimum Gasteiger partial charge on any atom is -0.451 e. The highest BCUT2D eigenvalue weighted by Gasteiger charge is 2.00. The molecule has 4 heteroatoms. The van der Waals surface area contributed by atoms with Gasteiger partial charge in [-0.2, -0.15) is 0 Å². The normalized spacial score (nSPS) is 10.0. The van der Waals surface area contributed by atoms with Crippen LogP contribution in [0.25, 0.3) is 11.4 Å². The lowest BCUT2D eigenvalue weighted by Crippen LogP contribution is -1.87. The summed E-state index contributed by atoms with van der Waals surface area (Å²) in [5.41, 5.74) is 7.59. The van der Waals surface area contributed by atoms with Gasteiger partial charge in [0.05, 0.1) is 17.6 Å². The van der Waals surface area contributed by atoms with Crippen molar-refractivity contribution < 1.29 is 4.42 Å². The van der Waals surface area contributed by atoms with E-state index in [2.05, 4.69) is 9.97 Å². The molecule has 0 spiro atoms. The molecule has 0 amide bonds. The van der Waals surface area contributed by atoms with Crippen molar-refractivity contribution in [3.63, 3.8) is 0 Å². The largest absolute Gasteiger partial charge is 0.451 e. The van der Waals surface area contributed by atoms with Gasteiger partial charge in [-0.3, -0.25) is 4.98 Å². The highest BCUT2D eigenvalue weighted by molar-refractivity contribution is 5.54. The van der Waals surface area contributed by atoms with Crippen molar-refractivity contribution in [1.82, 2.24) is 9.97 Å². The smallest absolute Gasteiger partial charge is 0.181 e. The van der Waals surface area contributed by atoms with E-state index in [-0.39, 0.29) is 0 Å². The quantitative estimate of drug-likeness (QED) is 0.685. The van der Waals surface area contributed by atoms with Crippen molar-refractivity contribution >= 4 is 5.69 Å². The number of pyridine rings is 1. The lowest BCUT2D eigenvalue weighted by atomic mass is 10.3. The number of hydrogen-bond acceptors (Lipinski definition) is 4. The van der Waals surface area contributed by atoms with E-state index in [0.717, 1.165) is 11.4 Å². The van der Waals surface area contributed by atoms with Crippen molar-refractivity contribution in [2.24, 2.45) is 0 Å². The van der Waals surface area contributed by atoms with E-state index in [1.165, 1.54) is 6.39 Å². The molecule has 0 aromatic carbocycles. The van der Waals surface area contributed by atoms with E-state index in [4.69, 9.17) is 10.2 Å². The van der Waals surface area contributed by atoms with Gasteiger partial charge in [0, 0.05) is 0 Å².